The zero-order valence-electron chi connectivity index (χ0n) is 8.63. The molecule has 1 rings (SSSR count). The molecule has 0 radical (unpaired) electrons. The molecule has 15 heavy (non-hydrogen) atoms. The molecule has 0 aliphatic heterocycles. The number of anilines is 2. The molecule has 6 heteroatoms. The quantitative estimate of drug-likeness (QED) is 0.766. The summed E-state index contributed by atoms with van der Waals surface area (Å²) in [7, 11) is 0. The summed E-state index contributed by atoms with van der Waals surface area (Å²) in [5.41, 5.74) is 0.278. The van der Waals surface area contributed by atoms with E-state index in [1.807, 2.05) is 19.9 Å². The fraction of sp³-hybridized carbons (Fsp3) is 0.444. The minimum absolute atomic E-state index is 0.166. The summed E-state index contributed by atoms with van der Waals surface area (Å²) < 4.78 is 0. The third kappa shape index (κ3) is 2.70. The van der Waals surface area contributed by atoms with Crippen LogP contribution >= 0.6 is 11.6 Å². The minimum atomic E-state index is 0.166. The van der Waals surface area contributed by atoms with E-state index in [2.05, 4.69) is 20.6 Å². The van der Waals surface area contributed by atoms with E-state index in [9.17, 15) is 0 Å². The van der Waals surface area contributed by atoms with Gasteiger partial charge in [-0.15, -0.1) is 0 Å². The van der Waals surface area contributed by atoms with Crippen LogP contribution in [0.4, 0.5) is 11.8 Å². The number of rotatable bonds is 4. The first-order chi connectivity index (χ1) is 7.22. The van der Waals surface area contributed by atoms with Crippen LogP contribution in [0.15, 0.2) is 0 Å². The van der Waals surface area contributed by atoms with E-state index in [1.165, 1.54) is 0 Å². The number of nitrogens with one attached hydrogen (secondary N) is 2. The zero-order valence-corrected chi connectivity index (χ0v) is 9.39. The van der Waals surface area contributed by atoms with Crippen LogP contribution in [0, 0.1) is 11.3 Å². The SMILES string of the molecule is CCNc1nc(Cl)c(C#N)c(NCC)n1. The lowest BCUT2D eigenvalue weighted by atomic mass is 10.3. The second kappa shape index (κ2) is 5.37. The topological polar surface area (TPSA) is 73.6 Å². The van der Waals surface area contributed by atoms with Gasteiger partial charge in [-0.25, -0.2) is 0 Å². The average Bonchev–Trinajstić information content (AvgIpc) is 2.18. The fourth-order valence-electron chi connectivity index (χ4n) is 1.06. The second-order valence-electron chi connectivity index (χ2n) is 2.73. The van der Waals surface area contributed by atoms with Gasteiger partial charge in [-0.1, -0.05) is 11.6 Å². The Morgan fingerprint density at radius 1 is 1.27 bits per heavy atom. The van der Waals surface area contributed by atoms with Gasteiger partial charge in [-0.3, -0.25) is 0 Å². The highest BCUT2D eigenvalue weighted by molar-refractivity contribution is 6.31. The summed E-state index contributed by atoms with van der Waals surface area (Å²) in [6.07, 6.45) is 0. The molecule has 0 atom stereocenters. The molecule has 0 spiro atoms. The van der Waals surface area contributed by atoms with Crippen LogP contribution in [0.5, 0.6) is 0 Å². The van der Waals surface area contributed by atoms with Crippen molar-refractivity contribution in [2.24, 2.45) is 0 Å². The van der Waals surface area contributed by atoms with Crippen molar-refractivity contribution >= 4 is 23.4 Å². The Labute approximate surface area is 93.5 Å². The van der Waals surface area contributed by atoms with Crippen molar-refractivity contribution in [3.63, 3.8) is 0 Å². The summed E-state index contributed by atoms with van der Waals surface area (Å²) >= 11 is 5.85. The Morgan fingerprint density at radius 3 is 2.47 bits per heavy atom. The Balaban J connectivity index is 3.14. The maximum atomic E-state index is 8.87. The van der Waals surface area contributed by atoms with Crippen molar-refractivity contribution < 1.29 is 0 Å². The number of halogens is 1. The normalized spacial score (nSPS) is 9.47. The predicted octanol–water partition coefficient (Wildman–Crippen LogP) is 1.87. The van der Waals surface area contributed by atoms with Crippen LogP contribution in [-0.4, -0.2) is 23.1 Å². The van der Waals surface area contributed by atoms with Gasteiger partial charge in [0.15, 0.2) is 11.0 Å². The van der Waals surface area contributed by atoms with Gasteiger partial charge in [0.25, 0.3) is 0 Å². The van der Waals surface area contributed by atoms with E-state index in [0.717, 1.165) is 0 Å². The van der Waals surface area contributed by atoms with Crippen molar-refractivity contribution in [1.29, 1.82) is 5.26 Å². The van der Waals surface area contributed by atoms with Crippen LogP contribution < -0.4 is 10.6 Å². The smallest absolute Gasteiger partial charge is 0.226 e. The van der Waals surface area contributed by atoms with Crippen LogP contribution in [0.2, 0.25) is 5.15 Å². The zero-order chi connectivity index (χ0) is 11.3. The third-order valence-electron chi connectivity index (χ3n) is 1.66. The molecule has 1 heterocycles. The molecule has 0 amide bonds. The number of nitrogens with zero attached hydrogens (tertiary/aromatic N) is 3. The molecule has 0 saturated carbocycles. The molecule has 0 saturated heterocycles. The first-order valence-corrected chi connectivity index (χ1v) is 5.06. The van der Waals surface area contributed by atoms with Crippen molar-refractivity contribution in [1.82, 2.24) is 9.97 Å². The molecule has 80 valence electrons. The Hall–Kier alpha value is -1.54. The number of aromatic nitrogens is 2. The average molecular weight is 226 g/mol. The first-order valence-electron chi connectivity index (χ1n) is 4.68. The molecule has 0 aliphatic rings. The summed E-state index contributed by atoms with van der Waals surface area (Å²) in [6.45, 7) is 5.23. The molecule has 1 aromatic rings. The third-order valence-corrected chi connectivity index (χ3v) is 1.93. The van der Waals surface area contributed by atoms with Gasteiger partial charge >= 0.3 is 0 Å². The number of hydrogen-bond acceptors (Lipinski definition) is 5. The van der Waals surface area contributed by atoms with E-state index in [0.29, 0.717) is 24.9 Å². The van der Waals surface area contributed by atoms with Crippen molar-refractivity contribution in [3.8, 4) is 6.07 Å². The van der Waals surface area contributed by atoms with Gasteiger partial charge in [-0.05, 0) is 13.8 Å². The second-order valence-corrected chi connectivity index (χ2v) is 3.09. The Morgan fingerprint density at radius 2 is 1.93 bits per heavy atom. The van der Waals surface area contributed by atoms with Crippen molar-refractivity contribution in [2.75, 3.05) is 23.7 Å². The van der Waals surface area contributed by atoms with E-state index >= 15 is 0 Å². The molecule has 2 N–H and O–H groups in total. The summed E-state index contributed by atoms with van der Waals surface area (Å²) in [6, 6.07) is 1.97. The molecular formula is C9H12ClN5. The van der Waals surface area contributed by atoms with Gasteiger partial charge in [0, 0.05) is 13.1 Å². The van der Waals surface area contributed by atoms with Gasteiger partial charge in [0.1, 0.15) is 11.6 Å². The van der Waals surface area contributed by atoms with Crippen LogP contribution in [0.3, 0.4) is 0 Å². The van der Waals surface area contributed by atoms with Gasteiger partial charge in [0.2, 0.25) is 5.95 Å². The standard InChI is InChI=1S/C9H12ClN5/c1-3-12-8-6(5-11)7(10)14-9(15-8)13-4-2/h3-4H2,1-2H3,(H2,12,13,14,15). The number of hydrogen-bond donors (Lipinski definition) is 2. The van der Waals surface area contributed by atoms with Crippen molar-refractivity contribution in [3.05, 3.63) is 10.7 Å². The van der Waals surface area contributed by atoms with E-state index in [4.69, 9.17) is 16.9 Å². The predicted molar refractivity (Wildman–Crippen MR) is 60.1 cm³/mol. The lowest BCUT2D eigenvalue weighted by Gasteiger charge is -2.08. The molecule has 5 nitrogen and oxygen atoms in total. The maximum absolute atomic E-state index is 8.87. The molecule has 1 aromatic heterocycles. The summed E-state index contributed by atoms with van der Waals surface area (Å²) in [5, 5.41) is 14.9. The lowest BCUT2D eigenvalue weighted by Crippen LogP contribution is -2.08. The largest absolute Gasteiger partial charge is 0.369 e. The van der Waals surface area contributed by atoms with E-state index < -0.39 is 0 Å². The van der Waals surface area contributed by atoms with Crippen LogP contribution in [0.25, 0.3) is 0 Å². The molecule has 0 aliphatic carbocycles. The van der Waals surface area contributed by atoms with Gasteiger partial charge in [-0.2, -0.15) is 15.2 Å². The highest BCUT2D eigenvalue weighted by Gasteiger charge is 2.11. The van der Waals surface area contributed by atoms with Crippen LogP contribution in [0.1, 0.15) is 19.4 Å². The summed E-state index contributed by atoms with van der Waals surface area (Å²) in [5.74, 6) is 0.897. The number of nitriles is 1. The van der Waals surface area contributed by atoms with Gasteiger partial charge in [0.05, 0.1) is 0 Å². The summed E-state index contributed by atoms with van der Waals surface area (Å²) in [4.78, 5) is 8.10. The highest BCUT2D eigenvalue weighted by Crippen LogP contribution is 2.21. The fourth-order valence-corrected chi connectivity index (χ4v) is 1.28. The molecule has 0 aromatic carbocycles. The van der Waals surface area contributed by atoms with Crippen molar-refractivity contribution in [2.45, 2.75) is 13.8 Å². The Kier molecular flexibility index (Phi) is 4.13. The van der Waals surface area contributed by atoms with E-state index in [-0.39, 0.29) is 10.7 Å². The first kappa shape index (κ1) is 11.5. The maximum Gasteiger partial charge on any atom is 0.226 e. The molecule has 0 bridgehead atoms. The molecule has 0 fully saturated rings. The Bertz CT molecular complexity index is 385. The molecular weight excluding hydrogens is 214 g/mol. The molecule has 0 unspecified atom stereocenters. The highest BCUT2D eigenvalue weighted by atomic mass is 35.5. The lowest BCUT2D eigenvalue weighted by molar-refractivity contribution is 1.06. The minimum Gasteiger partial charge on any atom is -0.369 e. The van der Waals surface area contributed by atoms with Crippen LogP contribution in [-0.2, 0) is 0 Å². The van der Waals surface area contributed by atoms with E-state index in [1.54, 1.807) is 0 Å². The van der Waals surface area contributed by atoms with Gasteiger partial charge < -0.3 is 10.6 Å². The monoisotopic (exact) mass is 225 g/mol.